The van der Waals surface area contributed by atoms with Crippen molar-refractivity contribution < 1.29 is 28.7 Å². The number of amides is 3. The number of imide groups is 1. The van der Waals surface area contributed by atoms with Crippen LogP contribution in [0.2, 0.25) is 0 Å². The minimum Gasteiger partial charge on any atom is -0.465 e. The third-order valence-corrected chi connectivity index (χ3v) is 3.41. The van der Waals surface area contributed by atoms with Crippen molar-refractivity contribution in [2.24, 2.45) is 0 Å². The van der Waals surface area contributed by atoms with E-state index in [0.717, 1.165) is 0 Å². The molecule has 0 saturated carbocycles. The minimum absolute atomic E-state index is 0.0432. The number of methoxy groups -OCH3 is 1. The first-order chi connectivity index (χ1) is 11.9. The number of hydrogen-bond donors (Lipinski definition) is 3. The Balaban J connectivity index is 2.80. The van der Waals surface area contributed by atoms with Crippen LogP contribution in [0.5, 0.6) is 0 Å². The maximum Gasteiger partial charge on any atom is 0.355 e. The molecule has 0 saturated heterocycles. The molecule has 1 atom stereocenters. The lowest BCUT2D eigenvalue weighted by atomic mass is 10.1. The number of aromatic nitrogens is 1. The fraction of sp³-hybridized carbons (Fsp3) is 0.529. The normalized spacial score (nSPS) is 12.1. The third-order valence-electron chi connectivity index (χ3n) is 3.41. The van der Waals surface area contributed by atoms with Gasteiger partial charge in [-0.2, -0.15) is 0 Å². The summed E-state index contributed by atoms with van der Waals surface area (Å²) in [5, 5.41) is 4.66. The predicted octanol–water partition coefficient (Wildman–Crippen LogP) is 1.59. The first kappa shape index (κ1) is 21.2. The summed E-state index contributed by atoms with van der Waals surface area (Å²) in [7, 11) is 1.24. The lowest BCUT2D eigenvalue weighted by Gasteiger charge is -2.21. The predicted molar refractivity (Wildman–Crippen MR) is 92.9 cm³/mol. The first-order valence-electron chi connectivity index (χ1n) is 7.98. The molecule has 9 heteroatoms. The Morgan fingerprint density at radius 3 is 2.15 bits per heavy atom. The van der Waals surface area contributed by atoms with Gasteiger partial charge in [-0.3, -0.25) is 10.1 Å². The molecule has 0 bridgehead atoms. The van der Waals surface area contributed by atoms with Crippen molar-refractivity contribution in [3.63, 3.8) is 0 Å². The van der Waals surface area contributed by atoms with Crippen molar-refractivity contribution >= 4 is 23.9 Å². The molecule has 1 heterocycles. The van der Waals surface area contributed by atoms with Crippen molar-refractivity contribution in [3.05, 3.63) is 22.5 Å². The average Bonchev–Trinajstić information content (AvgIpc) is 2.79. The van der Waals surface area contributed by atoms with E-state index in [1.54, 1.807) is 34.6 Å². The van der Waals surface area contributed by atoms with Crippen LogP contribution in [0.4, 0.5) is 4.79 Å². The van der Waals surface area contributed by atoms with Gasteiger partial charge in [-0.1, -0.05) is 0 Å². The van der Waals surface area contributed by atoms with Gasteiger partial charge in [0, 0.05) is 11.2 Å². The molecule has 144 valence electrons. The summed E-state index contributed by atoms with van der Waals surface area (Å²) in [4.78, 5) is 50.5. The summed E-state index contributed by atoms with van der Waals surface area (Å²) in [6, 6.07) is -0.690. The standard InChI is InChI=1S/C17H25N3O6/c1-8-11(14(22)25-7)9(2)18-12(8)15(23)26-10(3)13(21)19-16(24)20-17(4,5)6/h10,18H,1-7H3,(H2,19,20,21,24)/t10-/m1/s1. The average molecular weight is 367 g/mol. The smallest absolute Gasteiger partial charge is 0.355 e. The molecule has 0 aliphatic heterocycles. The molecule has 1 aromatic heterocycles. The van der Waals surface area contributed by atoms with Crippen LogP contribution in [0, 0.1) is 13.8 Å². The van der Waals surface area contributed by atoms with Crippen LogP contribution in [-0.4, -0.2) is 47.6 Å². The summed E-state index contributed by atoms with van der Waals surface area (Å²) in [6.45, 7) is 9.79. The maximum absolute atomic E-state index is 12.3. The molecular formula is C17H25N3O6. The Morgan fingerprint density at radius 1 is 1.08 bits per heavy atom. The Morgan fingerprint density at radius 2 is 1.65 bits per heavy atom. The second-order valence-electron chi connectivity index (χ2n) is 6.86. The molecule has 0 aromatic carbocycles. The van der Waals surface area contributed by atoms with E-state index in [1.165, 1.54) is 14.0 Å². The summed E-state index contributed by atoms with van der Waals surface area (Å²) < 4.78 is 9.75. The van der Waals surface area contributed by atoms with E-state index in [4.69, 9.17) is 4.74 Å². The molecule has 0 aliphatic rings. The second-order valence-corrected chi connectivity index (χ2v) is 6.86. The van der Waals surface area contributed by atoms with Crippen LogP contribution in [0.15, 0.2) is 0 Å². The molecule has 1 aromatic rings. The van der Waals surface area contributed by atoms with Crippen LogP contribution in [0.25, 0.3) is 0 Å². The maximum atomic E-state index is 12.3. The monoisotopic (exact) mass is 367 g/mol. The quantitative estimate of drug-likeness (QED) is 0.694. The number of rotatable bonds is 4. The molecule has 0 spiro atoms. The summed E-state index contributed by atoms with van der Waals surface area (Å²) in [5.41, 5.74) is 0.566. The van der Waals surface area contributed by atoms with Crippen LogP contribution in [0.3, 0.4) is 0 Å². The summed E-state index contributed by atoms with van der Waals surface area (Å²) in [5.74, 6) is -2.17. The number of hydrogen-bond acceptors (Lipinski definition) is 6. The van der Waals surface area contributed by atoms with E-state index in [-0.39, 0.29) is 11.3 Å². The third kappa shape index (κ3) is 5.33. The molecule has 0 radical (unpaired) electrons. The summed E-state index contributed by atoms with van der Waals surface area (Å²) in [6.07, 6.45) is -1.21. The van der Waals surface area contributed by atoms with E-state index in [9.17, 15) is 19.2 Å². The molecule has 1 rings (SSSR count). The summed E-state index contributed by atoms with van der Waals surface area (Å²) >= 11 is 0. The highest BCUT2D eigenvalue weighted by molar-refractivity contribution is 6.00. The lowest BCUT2D eigenvalue weighted by Crippen LogP contribution is -2.50. The molecule has 3 amide bonds. The zero-order chi connectivity index (χ0) is 20.2. The van der Waals surface area contributed by atoms with Crippen LogP contribution in [-0.2, 0) is 14.3 Å². The molecule has 9 nitrogen and oxygen atoms in total. The van der Waals surface area contributed by atoms with Gasteiger partial charge in [0.05, 0.1) is 12.7 Å². The zero-order valence-electron chi connectivity index (χ0n) is 16.0. The van der Waals surface area contributed by atoms with Gasteiger partial charge in [-0.05, 0) is 47.1 Å². The number of carbonyl (C=O) groups is 4. The van der Waals surface area contributed by atoms with Crippen LogP contribution >= 0.6 is 0 Å². The largest absolute Gasteiger partial charge is 0.465 e. The van der Waals surface area contributed by atoms with Crippen molar-refractivity contribution in [2.75, 3.05) is 7.11 Å². The van der Waals surface area contributed by atoms with E-state index < -0.39 is 35.5 Å². The highest BCUT2D eigenvalue weighted by Gasteiger charge is 2.27. The molecule has 3 N–H and O–H groups in total. The Bertz CT molecular complexity index is 730. The van der Waals surface area contributed by atoms with Crippen molar-refractivity contribution in [2.45, 2.75) is 53.2 Å². The SMILES string of the molecule is COC(=O)c1c(C)[nH]c(C(=O)O[C@H](C)C(=O)NC(=O)NC(C)(C)C)c1C. The van der Waals surface area contributed by atoms with E-state index in [0.29, 0.717) is 11.3 Å². The number of aromatic amines is 1. The van der Waals surface area contributed by atoms with Crippen molar-refractivity contribution in [1.82, 2.24) is 15.6 Å². The first-order valence-corrected chi connectivity index (χ1v) is 7.98. The Hall–Kier alpha value is -2.84. The number of aryl methyl sites for hydroxylation is 1. The lowest BCUT2D eigenvalue weighted by molar-refractivity contribution is -0.127. The molecule has 0 fully saturated rings. The van der Waals surface area contributed by atoms with Crippen LogP contribution < -0.4 is 10.6 Å². The minimum atomic E-state index is -1.21. The molecular weight excluding hydrogens is 342 g/mol. The van der Waals surface area contributed by atoms with Crippen LogP contribution in [0.1, 0.15) is 59.8 Å². The number of ether oxygens (including phenoxy) is 2. The van der Waals surface area contributed by atoms with Gasteiger partial charge in [-0.25, -0.2) is 14.4 Å². The molecule has 26 heavy (non-hydrogen) atoms. The van der Waals surface area contributed by atoms with Gasteiger partial charge in [0.1, 0.15) is 5.69 Å². The van der Waals surface area contributed by atoms with Gasteiger partial charge >= 0.3 is 18.0 Å². The van der Waals surface area contributed by atoms with Crippen molar-refractivity contribution in [3.8, 4) is 0 Å². The zero-order valence-corrected chi connectivity index (χ0v) is 16.0. The van der Waals surface area contributed by atoms with Gasteiger partial charge in [0.2, 0.25) is 0 Å². The molecule has 0 aliphatic carbocycles. The number of carbonyl (C=O) groups excluding carboxylic acids is 4. The highest BCUT2D eigenvalue weighted by Crippen LogP contribution is 2.20. The van der Waals surface area contributed by atoms with Gasteiger partial charge in [-0.15, -0.1) is 0 Å². The second kappa shape index (κ2) is 8.03. The van der Waals surface area contributed by atoms with Crippen molar-refractivity contribution in [1.29, 1.82) is 0 Å². The fourth-order valence-electron chi connectivity index (χ4n) is 2.22. The Labute approximate surface area is 151 Å². The number of H-pyrrole nitrogens is 1. The molecule has 0 unspecified atom stereocenters. The van der Waals surface area contributed by atoms with Gasteiger partial charge in [0.15, 0.2) is 6.10 Å². The van der Waals surface area contributed by atoms with E-state index in [1.807, 2.05) is 0 Å². The number of nitrogens with one attached hydrogen (secondary N) is 3. The van der Waals surface area contributed by atoms with E-state index >= 15 is 0 Å². The fourth-order valence-corrected chi connectivity index (χ4v) is 2.22. The topological polar surface area (TPSA) is 127 Å². The number of urea groups is 1. The van der Waals surface area contributed by atoms with E-state index in [2.05, 4.69) is 20.4 Å². The highest BCUT2D eigenvalue weighted by atomic mass is 16.5. The van der Waals surface area contributed by atoms with Gasteiger partial charge in [0.25, 0.3) is 5.91 Å². The van der Waals surface area contributed by atoms with Gasteiger partial charge < -0.3 is 19.8 Å². The Kier molecular flexibility index (Phi) is 6.55. The number of esters is 2.